The van der Waals surface area contributed by atoms with Crippen LogP contribution in [0.3, 0.4) is 0 Å². The van der Waals surface area contributed by atoms with Crippen molar-refractivity contribution < 1.29 is 19.0 Å². The zero-order chi connectivity index (χ0) is 15.1. The first-order chi connectivity index (χ1) is 10.2. The number of aromatic nitrogens is 1. The topological polar surface area (TPSA) is 51.6 Å². The predicted molar refractivity (Wildman–Crippen MR) is 75.5 cm³/mol. The summed E-state index contributed by atoms with van der Waals surface area (Å²) in [4.78, 5) is 4.20. The highest BCUT2D eigenvalue weighted by Gasteiger charge is 2.03. The van der Waals surface area contributed by atoms with Crippen LogP contribution in [0.4, 0.5) is 4.39 Å². The fourth-order valence-electron chi connectivity index (χ4n) is 1.67. The molecule has 5 heteroatoms. The fraction of sp³-hybridized carbons (Fsp3) is 0.188. The standard InChI is InChI=1S/C16H14FNO3/c1-20-16-6-2-5-14(18-16)11-21-15-9-12(4-3-7-19)8-13(17)10-15/h2,5-6,8-10,19H,7,11H2,1H3. The van der Waals surface area contributed by atoms with Crippen LogP contribution in [0.1, 0.15) is 11.3 Å². The Hall–Kier alpha value is -2.58. The Morgan fingerprint density at radius 3 is 2.90 bits per heavy atom. The summed E-state index contributed by atoms with van der Waals surface area (Å²) in [6.07, 6.45) is 0. The number of aliphatic hydroxyl groups is 1. The first-order valence-electron chi connectivity index (χ1n) is 6.24. The summed E-state index contributed by atoms with van der Waals surface area (Å²) in [5, 5.41) is 8.65. The zero-order valence-corrected chi connectivity index (χ0v) is 11.5. The van der Waals surface area contributed by atoms with Crippen LogP contribution in [0.2, 0.25) is 0 Å². The Labute approximate surface area is 122 Å². The molecule has 0 fully saturated rings. The summed E-state index contributed by atoms with van der Waals surface area (Å²) >= 11 is 0. The van der Waals surface area contributed by atoms with E-state index in [0.29, 0.717) is 22.9 Å². The number of halogens is 1. The first-order valence-corrected chi connectivity index (χ1v) is 6.24. The highest BCUT2D eigenvalue weighted by atomic mass is 19.1. The number of ether oxygens (including phenoxy) is 2. The molecule has 0 spiro atoms. The molecule has 0 aliphatic rings. The van der Waals surface area contributed by atoms with Crippen molar-refractivity contribution in [3.8, 4) is 23.5 Å². The highest BCUT2D eigenvalue weighted by molar-refractivity contribution is 5.40. The van der Waals surface area contributed by atoms with Gasteiger partial charge in [-0.2, -0.15) is 0 Å². The van der Waals surface area contributed by atoms with Gasteiger partial charge in [0.15, 0.2) is 0 Å². The maximum absolute atomic E-state index is 13.5. The van der Waals surface area contributed by atoms with Gasteiger partial charge in [-0.1, -0.05) is 17.9 Å². The average Bonchev–Trinajstić information content (AvgIpc) is 2.50. The fourth-order valence-corrected chi connectivity index (χ4v) is 1.67. The van der Waals surface area contributed by atoms with Gasteiger partial charge in [-0.05, 0) is 18.2 Å². The van der Waals surface area contributed by atoms with Gasteiger partial charge in [0.1, 0.15) is 24.8 Å². The molecule has 0 radical (unpaired) electrons. The summed E-state index contributed by atoms with van der Waals surface area (Å²) in [5.41, 5.74) is 1.11. The minimum atomic E-state index is -0.451. The van der Waals surface area contributed by atoms with Crippen molar-refractivity contribution in [2.45, 2.75) is 6.61 Å². The molecule has 1 heterocycles. The van der Waals surface area contributed by atoms with Crippen LogP contribution >= 0.6 is 0 Å². The monoisotopic (exact) mass is 287 g/mol. The summed E-state index contributed by atoms with van der Waals surface area (Å²) in [5.74, 6) is 5.49. The van der Waals surface area contributed by atoms with E-state index < -0.39 is 5.82 Å². The van der Waals surface area contributed by atoms with Gasteiger partial charge < -0.3 is 14.6 Å². The Morgan fingerprint density at radius 2 is 2.14 bits per heavy atom. The molecule has 1 N–H and O–H groups in total. The second-order valence-electron chi connectivity index (χ2n) is 4.10. The number of methoxy groups -OCH3 is 1. The lowest BCUT2D eigenvalue weighted by atomic mass is 10.2. The van der Waals surface area contributed by atoms with Crippen molar-refractivity contribution in [2.24, 2.45) is 0 Å². The molecule has 0 amide bonds. The molecule has 2 aromatic rings. The Kier molecular flexibility index (Phi) is 5.13. The lowest BCUT2D eigenvalue weighted by Crippen LogP contribution is -2.00. The van der Waals surface area contributed by atoms with Crippen molar-refractivity contribution in [2.75, 3.05) is 13.7 Å². The Balaban J connectivity index is 2.10. The van der Waals surface area contributed by atoms with Crippen molar-refractivity contribution in [3.63, 3.8) is 0 Å². The molecule has 0 atom stereocenters. The molecule has 0 unspecified atom stereocenters. The van der Waals surface area contributed by atoms with Crippen molar-refractivity contribution in [1.82, 2.24) is 4.98 Å². The first kappa shape index (κ1) is 14.8. The van der Waals surface area contributed by atoms with Crippen LogP contribution in [0, 0.1) is 17.7 Å². The molecule has 1 aromatic carbocycles. The molecule has 21 heavy (non-hydrogen) atoms. The van der Waals surface area contributed by atoms with Gasteiger partial charge in [0.25, 0.3) is 0 Å². The number of pyridine rings is 1. The molecule has 108 valence electrons. The predicted octanol–water partition coefficient (Wildman–Crippen LogP) is 2.15. The van der Waals surface area contributed by atoms with E-state index in [0.717, 1.165) is 0 Å². The Morgan fingerprint density at radius 1 is 1.29 bits per heavy atom. The minimum Gasteiger partial charge on any atom is -0.487 e. The summed E-state index contributed by atoms with van der Waals surface area (Å²) < 4.78 is 24.0. The van der Waals surface area contributed by atoms with Gasteiger partial charge in [0.2, 0.25) is 5.88 Å². The SMILES string of the molecule is COc1cccc(COc2cc(F)cc(C#CCO)c2)n1. The van der Waals surface area contributed by atoms with Crippen molar-refractivity contribution >= 4 is 0 Å². The molecule has 0 saturated heterocycles. The average molecular weight is 287 g/mol. The van der Waals surface area contributed by atoms with E-state index in [4.69, 9.17) is 14.6 Å². The third-order valence-electron chi connectivity index (χ3n) is 2.56. The molecular weight excluding hydrogens is 273 g/mol. The Bertz CT molecular complexity index is 677. The number of rotatable bonds is 4. The van der Waals surface area contributed by atoms with Crippen LogP contribution < -0.4 is 9.47 Å². The van der Waals surface area contributed by atoms with E-state index in [1.165, 1.54) is 19.2 Å². The largest absolute Gasteiger partial charge is 0.487 e. The molecule has 2 rings (SSSR count). The van der Waals surface area contributed by atoms with Crippen LogP contribution in [0.25, 0.3) is 0 Å². The van der Waals surface area contributed by atoms with Gasteiger partial charge in [-0.25, -0.2) is 9.37 Å². The van der Waals surface area contributed by atoms with Gasteiger partial charge in [-0.3, -0.25) is 0 Å². The normalized spacial score (nSPS) is 9.67. The maximum Gasteiger partial charge on any atom is 0.213 e. The number of hydrogen-bond donors (Lipinski definition) is 1. The molecule has 0 bridgehead atoms. The summed E-state index contributed by atoms with van der Waals surface area (Å²) in [7, 11) is 1.53. The smallest absolute Gasteiger partial charge is 0.213 e. The number of benzene rings is 1. The number of nitrogens with zero attached hydrogens (tertiary/aromatic N) is 1. The maximum atomic E-state index is 13.5. The van der Waals surface area contributed by atoms with Gasteiger partial charge in [-0.15, -0.1) is 0 Å². The van der Waals surface area contributed by atoms with E-state index in [-0.39, 0.29) is 13.2 Å². The third kappa shape index (κ3) is 4.48. The van der Waals surface area contributed by atoms with Crippen LogP contribution in [0.15, 0.2) is 36.4 Å². The van der Waals surface area contributed by atoms with E-state index in [1.54, 1.807) is 24.3 Å². The molecule has 0 aliphatic carbocycles. The van der Waals surface area contributed by atoms with E-state index in [2.05, 4.69) is 16.8 Å². The number of hydrogen-bond acceptors (Lipinski definition) is 4. The third-order valence-corrected chi connectivity index (χ3v) is 2.56. The minimum absolute atomic E-state index is 0.188. The van der Waals surface area contributed by atoms with E-state index in [1.807, 2.05) is 0 Å². The highest BCUT2D eigenvalue weighted by Crippen LogP contribution is 2.17. The van der Waals surface area contributed by atoms with E-state index >= 15 is 0 Å². The summed E-state index contributed by atoms with van der Waals surface area (Å²) in [6.45, 7) is -0.0893. The van der Waals surface area contributed by atoms with Crippen molar-refractivity contribution in [1.29, 1.82) is 0 Å². The zero-order valence-electron chi connectivity index (χ0n) is 11.5. The quantitative estimate of drug-likeness (QED) is 0.875. The van der Waals surface area contributed by atoms with Crippen molar-refractivity contribution in [3.05, 3.63) is 53.5 Å². The molecule has 0 saturated carbocycles. The molecule has 4 nitrogen and oxygen atoms in total. The van der Waals surface area contributed by atoms with Gasteiger partial charge in [0.05, 0.1) is 12.8 Å². The summed E-state index contributed by atoms with van der Waals surface area (Å²) in [6, 6.07) is 9.46. The van der Waals surface area contributed by atoms with Crippen LogP contribution in [-0.2, 0) is 6.61 Å². The number of aliphatic hydroxyl groups excluding tert-OH is 1. The second kappa shape index (κ2) is 7.27. The van der Waals surface area contributed by atoms with Crippen LogP contribution in [0.5, 0.6) is 11.6 Å². The lowest BCUT2D eigenvalue weighted by Gasteiger charge is -2.07. The van der Waals surface area contributed by atoms with Gasteiger partial charge >= 0.3 is 0 Å². The van der Waals surface area contributed by atoms with E-state index in [9.17, 15) is 4.39 Å². The molecule has 1 aromatic heterocycles. The second-order valence-corrected chi connectivity index (χ2v) is 4.10. The molecular formula is C16H14FNO3. The van der Waals surface area contributed by atoms with Crippen LogP contribution in [-0.4, -0.2) is 23.8 Å². The lowest BCUT2D eigenvalue weighted by molar-refractivity contribution is 0.296. The molecule has 0 aliphatic heterocycles. The van der Waals surface area contributed by atoms with Gasteiger partial charge in [0, 0.05) is 17.7 Å².